The number of fused-ring (bicyclic) bond motifs is 1. The lowest BCUT2D eigenvalue weighted by molar-refractivity contribution is 0.680. The van der Waals surface area contributed by atoms with Crippen LogP contribution in [0.1, 0.15) is 25.5 Å². The van der Waals surface area contributed by atoms with Gasteiger partial charge in [0, 0.05) is 42.3 Å². The molecule has 0 fully saturated rings. The van der Waals surface area contributed by atoms with Gasteiger partial charge in [-0.2, -0.15) is 0 Å². The summed E-state index contributed by atoms with van der Waals surface area (Å²) in [5, 5.41) is 1.04. The molecule has 0 aliphatic carbocycles. The quantitative estimate of drug-likeness (QED) is 0.520. The van der Waals surface area contributed by atoms with Crippen molar-refractivity contribution in [3.8, 4) is 11.4 Å². The minimum atomic E-state index is 0.142. The third-order valence-corrected chi connectivity index (χ3v) is 4.75. The summed E-state index contributed by atoms with van der Waals surface area (Å²) in [6.45, 7) is 5.15. The third kappa shape index (κ3) is 3.36. The van der Waals surface area contributed by atoms with E-state index >= 15 is 0 Å². The number of hydrogen-bond donors (Lipinski definition) is 0. The van der Waals surface area contributed by atoms with Crippen LogP contribution in [0.5, 0.6) is 0 Å². The zero-order valence-electron chi connectivity index (χ0n) is 15.4. The zero-order chi connectivity index (χ0) is 18.6. The Balaban J connectivity index is 1.88. The number of hydrogen-bond acceptors (Lipinski definition) is 5. The average Bonchev–Trinajstić information content (AvgIpc) is 2.75. The summed E-state index contributed by atoms with van der Waals surface area (Å²) < 4.78 is 0. The molecule has 0 aliphatic rings. The second kappa shape index (κ2) is 7.50. The highest BCUT2D eigenvalue weighted by molar-refractivity contribution is 5.91. The molecule has 1 unspecified atom stereocenters. The van der Waals surface area contributed by atoms with Crippen LogP contribution in [0, 0.1) is 0 Å². The third-order valence-electron chi connectivity index (χ3n) is 4.75. The highest BCUT2D eigenvalue weighted by atomic mass is 15.2. The van der Waals surface area contributed by atoms with Gasteiger partial charge >= 0.3 is 0 Å². The van der Waals surface area contributed by atoms with Crippen LogP contribution in [-0.4, -0.2) is 26.5 Å². The summed E-state index contributed by atoms with van der Waals surface area (Å²) in [6, 6.07) is 16.3. The Kier molecular flexibility index (Phi) is 4.75. The maximum atomic E-state index is 4.94. The van der Waals surface area contributed by atoms with Gasteiger partial charge in [-0.1, -0.05) is 18.2 Å². The fourth-order valence-corrected chi connectivity index (χ4v) is 3.31. The molecule has 134 valence electrons. The Hall–Kier alpha value is -3.34. The van der Waals surface area contributed by atoms with Gasteiger partial charge in [-0.3, -0.25) is 9.97 Å². The van der Waals surface area contributed by atoms with E-state index in [4.69, 9.17) is 9.97 Å². The number of pyridine rings is 2. The molecule has 1 atom stereocenters. The van der Waals surface area contributed by atoms with Crippen molar-refractivity contribution < 1.29 is 0 Å². The Morgan fingerprint density at radius 2 is 1.67 bits per heavy atom. The minimum Gasteiger partial charge on any atom is -0.349 e. The summed E-state index contributed by atoms with van der Waals surface area (Å²) in [4.78, 5) is 20.5. The number of rotatable bonds is 5. The predicted octanol–water partition coefficient (Wildman–Crippen LogP) is 4.67. The van der Waals surface area contributed by atoms with Crippen LogP contribution in [0.4, 0.5) is 5.82 Å². The largest absolute Gasteiger partial charge is 0.349 e. The normalized spacial score (nSPS) is 12.1. The molecule has 5 nitrogen and oxygen atoms in total. The van der Waals surface area contributed by atoms with Crippen molar-refractivity contribution in [3.63, 3.8) is 0 Å². The van der Waals surface area contributed by atoms with Crippen molar-refractivity contribution in [1.29, 1.82) is 0 Å². The first-order valence-electron chi connectivity index (χ1n) is 9.11. The fourth-order valence-electron chi connectivity index (χ4n) is 3.31. The molecule has 27 heavy (non-hydrogen) atoms. The Bertz CT molecular complexity index is 1030. The van der Waals surface area contributed by atoms with E-state index in [0.29, 0.717) is 5.82 Å². The Labute approximate surface area is 158 Å². The monoisotopic (exact) mass is 355 g/mol. The van der Waals surface area contributed by atoms with Crippen LogP contribution in [-0.2, 0) is 0 Å². The lowest BCUT2D eigenvalue weighted by Crippen LogP contribution is -2.28. The summed E-state index contributed by atoms with van der Waals surface area (Å²) in [6.07, 6.45) is 7.27. The van der Waals surface area contributed by atoms with Gasteiger partial charge in [0.1, 0.15) is 5.82 Å². The van der Waals surface area contributed by atoms with Crippen molar-refractivity contribution in [3.05, 3.63) is 78.9 Å². The molecular weight excluding hydrogens is 334 g/mol. The Morgan fingerprint density at radius 3 is 2.37 bits per heavy atom. The summed E-state index contributed by atoms with van der Waals surface area (Å²) in [5.41, 5.74) is 3.00. The van der Waals surface area contributed by atoms with Crippen molar-refractivity contribution in [2.75, 3.05) is 11.4 Å². The molecule has 0 saturated heterocycles. The van der Waals surface area contributed by atoms with E-state index in [1.165, 1.54) is 0 Å². The van der Waals surface area contributed by atoms with Gasteiger partial charge in [-0.25, -0.2) is 9.97 Å². The number of benzene rings is 1. The lowest BCUT2D eigenvalue weighted by Gasteiger charge is -2.30. The smallest absolute Gasteiger partial charge is 0.163 e. The van der Waals surface area contributed by atoms with Crippen LogP contribution in [0.3, 0.4) is 0 Å². The standard InChI is InChI=1S/C22H21N5/c1-3-27(16(2)17-8-6-12-23-14-17)22-19-10-4-5-11-20(19)25-21(26-22)18-9-7-13-24-15-18/h4-16H,3H2,1-2H3. The van der Waals surface area contributed by atoms with Crippen LogP contribution < -0.4 is 4.90 Å². The maximum Gasteiger partial charge on any atom is 0.163 e. The molecule has 0 aliphatic heterocycles. The van der Waals surface area contributed by atoms with Gasteiger partial charge < -0.3 is 4.90 Å². The minimum absolute atomic E-state index is 0.142. The first-order chi connectivity index (χ1) is 13.3. The van der Waals surface area contributed by atoms with E-state index in [2.05, 4.69) is 40.8 Å². The van der Waals surface area contributed by atoms with E-state index in [1.54, 1.807) is 18.6 Å². The molecule has 0 radical (unpaired) electrons. The average molecular weight is 355 g/mol. The van der Waals surface area contributed by atoms with Gasteiger partial charge in [0.2, 0.25) is 0 Å². The highest BCUT2D eigenvalue weighted by Crippen LogP contribution is 2.32. The maximum absolute atomic E-state index is 4.94. The molecule has 5 heteroatoms. The zero-order valence-corrected chi connectivity index (χ0v) is 15.4. The van der Waals surface area contributed by atoms with Crippen molar-refractivity contribution >= 4 is 16.7 Å². The molecule has 4 rings (SSSR count). The summed E-state index contributed by atoms with van der Waals surface area (Å²) in [7, 11) is 0. The SMILES string of the molecule is CCN(c1nc(-c2cccnc2)nc2ccccc12)C(C)c1cccnc1. The fraction of sp³-hybridized carbons (Fsp3) is 0.182. The van der Waals surface area contributed by atoms with Crippen LogP contribution in [0.25, 0.3) is 22.3 Å². The van der Waals surface area contributed by atoms with Crippen molar-refractivity contribution in [1.82, 2.24) is 19.9 Å². The second-order valence-corrected chi connectivity index (χ2v) is 6.38. The van der Waals surface area contributed by atoms with E-state index in [1.807, 2.05) is 42.6 Å². The molecule has 0 saturated carbocycles. The van der Waals surface area contributed by atoms with Gasteiger partial charge in [-0.05, 0) is 49.7 Å². The summed E-state index contributed by atoms with van der Waals surface area (Å²) in [5.74, 6) is 1.62. The second-order valence-electron chi connectivity index (χ2n) is 6.38. The molecule has 3 heterocycles. The topological polar surface area (TPSA) is 54.8 Å². The Morgan fingerprint density at radius 1 is 0.889 bits per heavy atom. The van der Waals surface area contributed by atoms with Gasteiger partial charge in [-0.15, -0.1) is 0 Å². The first kappa shape index (κ1) is 17.1. The van der Waals surface area contributed by atoms with Gasteiger partial charge in [0.15, 0.2) is 5.82 Å². The predicted molar refractivity (Wildman–Crippen MR) is 108 cm³/mol. The number of aromatic nitrogens is 4. The first-order valence-corrected chi connectivity index (χ1v) is 9.11. The van der Waals surface area contributed by atoms with E-state index in [0.717, 1.165) is 34.4 Å². The lowest BCUT2D eigenvalue weighted by atomic mass is 10.1. The highest BCUT2D eigenvalue weighted by Gasteiger charge is 2.20. The van der Waals surface area contributed by atoms with E-state index in [9.17, 15) is 0 Å². The number of para-hydroxylation sites is 1. The molecule has 0 bridgehead atoms. The molecule has 0 amide bonds. The molecule has 1 aromatic carbocycles. The molecule has 0 N–H and O–H groups in total. The number of anilines is 1. The molecular formula is C22H21N5. The van der Waals surface area contributed by atoms with Crippen LogP contribution in [0.15, 0.2) is 73.3 Å². The molecule has 4 aromatic rings. The van der Waals surface area contributed by atoms with Gasteiger partial charge in [0.25, 0.3) is 0 Å². The van der Waals surface area contributed by atoms with Crippen molar-refractivity contribution in [2.24, 2.45) is 0 Å². The number of nitrogens with zero attached hydrogens (tertiary/aromatic N) is 5. The van der Waals surface area contributed by atoms with E-state index < -0.39 is 0 Å². The summed E-state index contributed by atoms with van der Waals surface area (Å²) >= 11 is 0. The van der Waals surface area contributed by atoms with Crippen LogP contribution in [0.2, 0.25) is 0 Å². The molecule has 0 spiro atoms. The van der Waals surface area contributed by atoms with E-state index in [-0.39, 0.29) is 6.04 Å². The van der Waals surface area contributed by atoms with Crippen LogP contribution >= 0.6 is 0 Å². The molecule has 3 aromatic heterocycles. The van der Waals surface area contributed by atoms with Gasteiger partial charge in [0.05, 0.1) is 11.6 Å². The van der Waals surface area contributed by atoms with Crippen molar-refractivity contribution in [2.45, 2.75) is 19.9 Å².